The highest BCUT2D eigenvalue weighted by Crippen LogP contribution is 2.30. The molecule has 0 saturated carbocycles. The SMILES string of the molecule is CC(O)Cc1coc(-c2ccc(Cl)s2)n1. The summed E-state index contributed by atoms with van der Waals surface area (Å²) in [7, 11) is 0. The number of halogens is 1. The van der Waals surface area contributed by atoms with E-state index in [0.717, 1.165) is 10.6 Å². The topological polar surface area (TPSA) is 46.3 Å². The van der Waals surface area contributed by atoms with E-state index < -0.39 is 6.10 Å². The summed E-state index contributed by atoms with van der Waals surface area (Å²) in [4.78, 5) is 5.16. The minimum atomic E-state index is -0.408. The molecule has 0 aliphatic rings. The summed E-state index contributed by atoms with van der Waals surface area (Å²) in [5.74, 6) is 0.558. The first kappa shape index (κ1) is 10.7. The second kappa shape index (κ2) is 4.35. The van der Waals surface area contributed by atoms with Gasteiger partial charge in [-0.05, 0) is 19.1 Å². The van der Waals surface area contributed by atoms with Crippen molar-refractivity contribution in [3.63, 3.8) is 0 Å². The molecule has 1 unspecified atom stereocenters. The van der Waals surface area contributed by atoms with Crippen molar-refractivity contribution >= 4 is 22.9 Å². The number of hydrogen-bond donors (Lipinski definition) is 1. The molecule has 3 nitrogen and oxygen atoms in total. The van der Waals surface area contributed by atoms with Crippen LogP contribution in [0.15, 0.2) is 22.8 Å². The monoisotopic (exact) mass is 243 g/mol. The van der Waals surface area contributed by atoms with Crippen LogP contribution in [0, 0.1) is 0 Å². The van der Waals surface area contributed by atoms with Gasteiger partial charge in [-0.2, -0.15) is 0 Å². The molecule has 0 aliphatic heterocycles. The maximum Gasteiger partial charge on any atom is 0.236 e. The minimum Gasteiger partial charge on any atom is -0.444 e. The Morgan fingerprint density at radius 2 is 2.40 bits per heavy atom. The number of thiophene rings is 1. The zero-order chi connectivity index (χ0) is 10.8. The van der Waals surface area contributed by atoms with Crippen molar-refractivity contribution in [2.45, 2.75) is 19.4 Å². The summed E-state index contributed by atoms with van der Waals surface area (Å²) in [5.41, 5.74) is 0.754. The zero-order valence-electron chi connectivity index (χ0n) is 8.11. The molecule has 0 radical (unpaired) electrons. The molecule has 0 spiro atoms. The first-order valence-corrected chi connectivity index (χ1v) is 5.73. The zero-order valence-corrected chi connectivity index (χ0v) is 9.68. The van der Waals surface area contributed by atoms with Crippen molar-refractivity contribution in [3.05, 3.63) is 28.4 Å². The molecule has 5 heteroatoms. The average molecular weight is 244 g/mol. The molecule has 1 N–H and O–H groups in total. The van der Waals surface area contributed by atoms with E-state index in [0.29, 0.717) is 16.6 Å². The first-order valence-electron chi connectivity index (χ1n) is 4.53. The number of oxazole rings is 1. The molecule has 0 fully saturated rings. The molecule has 15 heavy (non-hydrogen) atoms. The Hall–Kier alpha value is -0.840. The molecule has 0 bridgehead atoms. The second-order valence-electron chi connectivity index (χ2n) is 3.30. The van der Waals surface area contributed by atoms with Crippen molar-refractivity contribution < 1.29 is 9.52 Å². The minimum absolute atomic E-state index is 0.408. The van der Waals surface area contributed by atoms with Crippen LogP contribution in [0.2, 0.25) is 4.34 Å². The summed E-state index contributed by atoms with van der Waals surface area (Å²) in [6.07, 6.45) is 1.66. The van der Waals surface area contributed by atoms with Crippen molar-refractivity contribution in [2.75, 3.05) is 0 Å². The second-order valence-corrected chi connectivity index (χ2v) is 5.02. The normalized spacial score (nSPS) is 13.0. The van der Waals surface area contributed by atoms with Crippen molar-refractivity contribution in [3.8, 4) is 10.8 Å². The van der Waals surface area contributed by atoms with Gasteiger partial charge in [0.2, 0.25) is 5.89 Å². The molecule has 2 aromatic heterocycles. The van der Waals surface area contributed by atoms with E-state index in [2.05, 4.69) is 4.98 Å². The van der Waals surface area contributed by atoms with E-state index in [-0.39, 0.29) is 0 Å². The molecule has 0 amide bonds. The molecular formula is C10H10ClNO2S. The lowest BCUT2D eigenvalue weighted by Crippen LogP contribution is -2.03. The average Bonchev–Trinajstić information content (AvgIpc) is 2.72. The van der Waals surface area contributed by atoms with Gasteiger partial charge in [-0.25, -0.2) is 4.98 Å². The molecular weight excluding hydrogens is 234 g/mol. The van der Waals surface area contributed by atoms with Crippen LogP contribution in [0.4, 0.5) is 0 Å². The first-order chi connectivity index (χ1) is 7.15. The Bertz CT molecular complexity index is 450. The molecule has 2 rings (SSSR count). The fourth-order valence-corrected chi connectivity index (χ4v) is 2.22. The molecule has 80 valence electrons. The largest absolute Gasteiger partial charge is 0.444 e. The lowest BCUT2D eigenvalue weighted by atomic mass is 10.2. The number of aromatic nitrogens is 1. The maximum absolute atomic E-state index is 9.19. The Morgan fingerprint density at radius 3 is 3.00 bits per heavy atom. The van der Waals surface area contributed by atoms with Gasteiger partial charge in [-0.15, -0.1) is 11.3 Å². The van der Waals surface area contributed by atoms with Crippen LogP contribution in [-0.2, 0) is 6.42 Å². The Balaban J connectivity index is 2.20. The highest BCUT2D eigenvalue weighted by atomic mass is 35.5. The van der Waals surface area contributed by atoms with Gasteiger partial charge in [0.05, 0.1) is 21.0 Å². The van der Waals surface area contributed by atoms with E-state index >= 15 is 0 Å². The number of aliphatic hydroxyl groups excluding tert-OH is 1. The lowest BCUT2D eigenvalue weighted by molar-refractivity contribution is 0.194. The quantitative estimate of drug-likeness (QED) is 0.902. The van der Waals surface area contributed by atoms with E-state index in [1.807, 2.05) is 6.07 Å². The third kappa shape index (κ3) is 2.59. The summed E-state index contributed by atoms with van der Waals surface area (Å²) >= 11 is 7.23. The highest BCUT2D eigenvalue weighted by Gasteiger charge is 2.10. The van der Waals surface area contributed by atoms with E-state index in [1.54, 1.807) is 19.3 Å². The molecule has 0 aliphatic carbocycles. The van der Waals surface area contributed by atoms with Gasteiger partial charge in [-0.3, -0.25) is 0 Å². The number of rotatable bonds is 3. The number of aliphatic hydroxyl groups is 1. The van der Waals surface area contributed by atoms with E-state index in [4.69, 9.17) is 16.0 Å². The van der Waals surface area contributed by atoms with E-state index in [9.17, 15) is 5.11 Å². The highest BCUT2D eigenvalue weighted by molar-refractivity contribution is 7.19. The van der Waals surface area contributed by atoms with Crippen molar-refractivity contribution in [2.24, 2.45) is 0 Å². The summed E-state index contributed by atoms with van der Waals surface area (Å²) in [6.45, 7) is 1.72. The van der Waals surface area contributed by atoms with Crippen LogP contribution in [0.25, 0.3) is 10.8 Å². The summed E-state index contributed by atoms with van der Waals surface area (Å²) < 4.78 is 6.00. The predicted octanol–water partition coefficient (Wildman–Crippen LogP) is 2.98. The smallest absolute Gasteiger partial charge is 0.236 e. The third-order valence-corrected chi connectivity index (χ3v) is 3.06. The lowest BCUT2D eigenvalue weighted by Gasteiger charge is -1.96. The van der Waals surface area contributed by atoms with Gasteiger partial charge in [0.1, 0.15) is 6.26 Å². The van der Waals surface area contributed by atoms with Crippen LogP contribution in [0.1, 0.15) is 12.6 Å². The fraction of sp³-hybridized carbons (Fsp3) is 0.300. The van der Waals surface area contributed by atoms with Gasteiger partial charge >= 0.3 is 0 Å². The number of nitrogens with zero attached hydrogens (tertiary/aromatic N) is 1. The van der Waals surface area contributed by atoms with Gasteiger partial charge < -0.3 is 9.52 Å². The van der Waals surface area contributed by atoms with Crippen LogP contribution >= 0.6 is 22.9 Å². The van der Waals surface area contributed by atoms with Gasteiger partial charge in [0.15, 0.2) is 0 Å². The van der Waals surface area contributed by atoms with Crippen LogP contribution < -0.4 is 0 Å². The van der Waals surface area contributed by atoms with Crippen LogP contribution in [0.3, 0.4) is 0 Å². The molecule has 2 aromatic rings. The van der Waals surface area contributed by atoms with Crippen LogP contribution in [-0.4, -0.2) is 16.2 Å². The van der Waals surface area contributed by atoms with Crippen LogP contribution in [0.5, 0.6) is 0 Å². The molecule has 2 heterocycles. The van der Waals surface area contributed by atoms with Gasteiger partial charge in [0, 0.05) is 6.42 Å². The standard InChI is InChI=1S/C10H10ClNO2S/c1-6(13)4-7-5-14-10(12-7)8-2-3-9(11)15-8/h2-3,5-6,13H,4H2,1H3. The fourth-order valence-electron chi connectivity index (χ4n) is 1.25. The Kier molecular flexibility index (Phi) is 3.09. The van der Waals surface area contributed by atoms with Crippen molar-refractivity contribution in [1.82, 2.24) is 4.98 Å². The molecule has 1 atom stereocenters. The van der Waals surface area contributed by atoms with Crippen molar-refractivity contribution in [1.29, 1.82) is 0 Å². The third-order valence-electron chi connectivity index (χ3n) is 1.84. The molecule has 0 saturated heterocycles. The summed E-state index contributed by atoms with van der Waals surface area (Å²) in [5, 5.41) is 9.19. The number of hydrogen-bond acceptors (Lipinski definition) is 4. The molecule has 0 aromatic carbocycles. The van der Waals surface area contributed by atoms with Gasteiger partial charge in [0.25, 0.3) is 0 Å². The maximum atomic E-state index is 9.19. The Morgan fingerprint density at radius 1 is 1.60 bits per heavy atom. The summed E-state index contributed by atoms with van der Waals surface area (Å²) in [6, 6.07) is 3.67. The van der Waals surface area contributed by atoms with Gasteiger partial charge in [-0.1, -0.05) is 11.6 Å². The Labute approximate surface area is 96.3 Å². The predicted molar refractivity (Wildman–Crippen MR) is 60.2 cm³/mol. The van der Waals surface area contributed by atoms with E-state index in [1.165, 1.54) is 11.3 Å².